The number of nitrogens with one attached hydrogen (secondary N) is 2. The summed E-state index contributed by atoms with van der Waals surface area (Å²) in [6.07, 6.45) is 0. The highest BCUT2D eigenvalue weighted by molar-refractivity contribution is 9.10. The zero-order chi connectivity index (χ0) is 23.8. The van der Waals surface area contributed by atoms with E-state index in [1.165, 1.54) is 4.90 Å². The number of carbonyl (C=O) groups excluding carboxylic acids is 1. The van der Waals surface area contributed by atoms with Crippen molar-refractivity contribution in [1.82, 2.24) is 10.2 Å². The van der Waals surface area contributed by atoms with Gasteiger partial charge in [0, 0.05) is 18.6 Å². The molecule has 1 aromatic carbocycles. The molecular weight excluding hydrogens is 522 g/mol. The average Bonchev–Trinajstić information content (AvgIpc) is 3.26. The molecule has 172 valence electrons. The molecule has 0 bridgehead atoms. The van der Waals surface area contributed by atoms with Crippen LogP contribution in [0.1, 0.15) is 42.9 Å². The van der Waals surface area contributed by atoms with E-state index in [0.717, 1.165) is 0 Å². The monoisotopic (exact) mass is 543 g/mol. The van der Waals surface area contributed by atoms with Crippen LogP contribution in [0.3, 0.4) is 0 Å². The zero-order valence-corrected chi connectivity index (χ0v) is 21.2. The third kappa shape index (κ3) is 5.16. The molecule has 1 aliphatic heterocycles. The number of halogens is 2. The molecule has 12 heteroatoms. The van der Waals surface area contributed by atoms with Gasteiger partial charge in [-0.3, -0.25) is 4.79 Å². The molecule has 2 heterocycles. The highest BCUT2D eigenvalue weighted by Crippen LogP contribution is 2.36. The number of amidine groups is 2. The van der Waals surface area contributed by atoms with Gasteiger partial charge >= 0.3 is 0 Å². The first-order valence-electron chi connectivity index (χ1n) is 9.50. The Morgan fingerprint density at radius 3 is 2.44 bits per heavy atom. The van der Waals surface area contributed by atoms with Gasteiger partial charge in [-0.2, -0.15) is 0 Å². The van der Waals surface area contributed by atoms with Gasteiger partial charge in [-0.25, -0.2) is 4.21 Å². The third-order valence-electron chi connectivity index (χ3n) is 4.59. The molecule has 3 rings (SSSR count). The molecule has 1 unspecified atom stereocenters. The van der Waals surface area contributed by atoms with E-state index in [1.807, 2.05) is 20.8 Å². The standard InChI is InChI=1S/C20H23BrClN5O4S/c1-20(2,3)16(12-8-9-13(22)31-12)24-18-17(25-32(30)26-18)23-11-7-6-10(21)14(15(11)28)19(29)27(4)5/h6-9,16,28H,1-5H3,(H,23,25)(H,24,26)/t16-,32?/m0/s1. The Morgan fingerprint density at radius 2 is 1.88 bits per heavy atom. The second kappa shape index (κ2) is 9.24. The van der Waals surface area contributed by atoms with Gasteiger partial charge in [0.1, 0.15) is 5.76 Å². The fourth-order valence-corrected chi connectivity index (χ4v) is 4.26. The summed E-state index contributed by atoms with van der Waals surface area (Å²) < 4.78 is 26.2. The van der Waals surface area contributed by atoms with Gasteiger partial charge in [0.25, 0.3) is 17.1 Å². The predicted molar refractivity (Wildman–Crippen MR) is 130 cm³/mol. The van der Waals surface area contributed by atoms with E-state index in [1.54, 1.807) is 38.4 Å². The number of phenols is 1. The van der Waals surface area contributed by atoms with Gasteiger partial charge in [0.2, 0.25) is 0 Å². The van der Waals surface area contributed by atoms with Crippen LogP contribution >= 0.6 is 27.5 Å². The second-order valence-corrected chi connectivity index (χ2v) is 10.4. The lowest BCUT2D eigenvalue weighted by molar-refractivity contribution is 0.0824. The SMILES string of the molecule is CN(C)C(=O)c1c(Br)ccc(NC2=NS(=O)N=C2N[C@@H](c2ccc(Cl)o2)C(C)(C)C)c1O. The Labute approximate surface area is 201 Å². The van der Waals surface area contributed by atoms with Crippen LogP contribution < -0.4 is 10.6 Å². The van der Waals surface area contributed by atoms with Crippen molar-refractivity contribution in [1.29, 1.82) is 0 Å². The lowest BCUT2D eigenvalue weighted by atomic mass is 9.85. The van der Waals surface area contributed by atoms with Crippen molar-refractivity contribution < 1.29 is 18.5 Å². The number of hydrogen-bond donors (Lipinski definition) is 3. The van der Waals surface area contributed by atoms with Crippen molar-refractivity contribution in [2.75, 3.05) is 19.4 Å². The summed E-state index contributed by atoms with van der Waals surface area (Å²) in [6, 6.07) is 6.21. The van der Waals surface area contributed by atoms with E-state index < -0.39 is 11.2 Å². The summed E-state index contributed by atoms with van der Waals surface area (Å²) in [5.41, 5.74) is -0.0351. The van der Waals surface area contributed by atoms with Crippen molar-refractivity contribution in [3.63, 3.8) is 0 Å². The van der Waals surface area contributed by atoms with E-state index in [0.29, 0.717) is 10.2 Å². The third-order valence-corrected chi connectivity index (χ3v) is 6.13. The molecule has 0 fully saturated rings. The van der Waals surface area contributed by atoms with Crippen molar-refractivity contribution in [2.45, 2.75) is 26.8 Å². The number of phenolic OH excluding ortho intramolecular Hbond substituents is 1. The molecule has 0 radical (unpaired) electrons. The van der Waals surface area contributed by atoms with E-state index in [4.69, 9.17) is 16.0 Å². The summed E-state index contributed by atoms with van der Waals surface area (Å²) in [5, 5.41) is 17.1. The molecule has 32 heavy (non-hydrogen) atoms. The lowest BCUT2D eigenvalue weighted by Gasteiger charge is -2.30. The minimum absolute atomic E-state index is 0.0870. The molecule has 0 aliphatic carbocycles. The minimum Gasteiger partial charge on any atom is -0.505 e. The van der Waals surface area contributed by atoms with Crippen molar-refractivity contribution in [3.8, 4) is 5.75 Å². The summed E-state index contributed by atoms with van der Waals surface area (Å²) in [5.74, 6) is 0.287. The van der Waals surface area contributed by atoms with Gasteiger partial charge in [-0.15, -0.1) is 8.80 Å². The molecule has 1 amide bonds. The number of hydrogen-bond acceptors (Lipinski definition) is 6. The van der Waals surface area contributed by atoms with Gasteiger partial charge in [-0.1, -0.05) is 20.8 Å². The van der Waals surface area contributed by atoms with Crippen molar-refractivity contribution in [2.24, 2.45) is 14.2 Å². The average molecular weight is 545 g/mol. The van der Waals surface area contributed by atoms with Crippen LogP contribution in [0.25, 0.3) is 0 Å². The number of anilines is 1. The smallest absolute Gasteiger partial charge is 0.269 e. The maximum Gasteiger partial charge on any atom is 0.269 e. The van der Waals surface area contributed by atoms with E-state index in [-0.39, 0.29) is 51.3 Å². The largest absolute Gasteiger partial charge is 0.505 e. The first kappa shape index (κ1) is 24.3. The first-order chi connectivity index (χ1) is 14.9. The summed E-state index contributed by atoms with van der Waals surface area (Å²) in [4.78, 5) is 13.8. The van der Waals surface area contributed by atoms with Gasteiger partial charge in [0.05, 0.1) is 17.3 Å². The molecule has 9 nitrogen and oxygen atoms in total. The van der Waals surface area contributed by atoms with Crippen LogP contribution in [0.5, 0.6) is 5.75 Å². The normalized spacial score (nSPS) is 16.9. The van der Waals surface area contributed by atoms with Crippen LogP contribution in [0.15, 0.2) is 42.0 Å². The van der Waals surface area contributed by atoms with Crippen LogP contribution in [0.4, 0.5) is 5.69 Å². The van der Waals surface area contributed by atoms with Crippen LogP contribution in [0, 0.1) is 5.41 Å². The predicted octanol–water partition coefficient (Wildman–Crippen LogP) is 4.28. The molecule has 0 saturated carbocycles. The Morgan fingerprint density at radius 1 is 1.22 bits per heavy atom. The maximum absolute atomic E-state index is 12.5. The quantitative estimate of drug-likeness (QED) is 0.494. The number of nitrogens with zero attached hydrogens (tertiary/aromatic N) is 3. The number of rotatable bonds is 4. The van der Waals surface area contributed by atoms with E-state index in [9.17, 15) is 14.1 Å². The topological polar surface area (TPSA) is 120 Å². The fraction of sp³-hybridized carbons (Fsp3) is 0.350. The van der Waals surface area contributed by atoms with Gasteiger partial charge in [0.15, 0.2) is 22.6 Å². The van der Waals surface area contributed by atoms with Crippen LogP contribution in [-0.2, 0) is 11.2 Å². The summed E-state index contributed by atoms with van der Waals surface area (Å²) in [7, 11) is 3.17. The maximum atomic E-state index is 12.5. The molecule has 0 saturated heterocycles. The molecule has 2 aromatic rings. The van der Waals surface area contributed by atoms with Crippen molar-refractivity contribution >= 4 is 62.0 Å². The molecule has 2 atom stereocenters. The molecule has 0 spiro atoms. The minimum atomic E-state index is -1.86. The van der Waals surface area contributed by atoms with Crippen molar-refractivity contribution in [3.05, 3.63) is 45.3 Å². The number of aromatic hydroxyl groups is 1. The molecule has 1 aromatic heterocycles. The molecule has 1 aliphatic rings. The number of amides is 1. The van der Waals surface area contributed by atoms with Crippen LogP contribution in [-0.4, -0.2) is 45.9 Å². The highest BCUT2D eigenvalue weighted by Gasteiger charge is 2.33. The Bertz CT molecular complexity index is 1140. The Hall–Kier alpha value is -2.37. The fourth-order valence-electron chi connectivity index (χ4n) is 3.00. The number of benzene rings is 1. The Kier molecular flexibility index (Phi) is 7.01. The van der Waals surface area contributed by atoms with Crippen LogP contribution in [0.2, 0.25) is 5.22 Å². The number of furan rings is 1. The summed E-state index contributed by atoms with van der Waals surface area (Å²) in [6.45, 7) is 5.99. The van der Waals surface area contributed by atoms with E-state index >= 15 is 0 Å². The molecule has 3 N–H and O–H groups in total. The zero-order valence-electron chi connectivity index (χ0n) is 18.1. The highest BCUT2D eigenvalue weighted by atomic mass is 79.9. The lowest BCUT2D eigenvalue weighted by Crippen LogP contribution is -2.41. The Balaban J connectivity index is 1.92. The second-order valence-electron chi connectivity index (χ2n) is 8.34. The van der Waals surface area contributed by atoms with E-state index in [2.05, 4.69) is 35.4 Å². The summed E-state index contributed by atoms with van der Waals surface area (Å²) >= 11 is 7.39. The van der Waals surface area contributed by atoms with Gasteiger partial charge < -0.3 is 25.1 Å². The first-order valence-corrected chi connectivity index (χ1v) is 11.7. The molecular formula is C20H23BrClN5O4S. The van der Waals surface area contributed by atoms with Gasteiger partial charge in [-0.05, 0) is 57.2 Å². The number of carbonyl (C=O) groups is 1.